The molecule has 0 N–H and O–H groups in total. The van der Waals surface area contributed by atoms with Crippen LogP contribution in [-0.2, 0) is 6.42 Å². The molecule has 2 heteroatoms. The molecule has 0 radical (unpaired) electrons. The Hall–Kier alpha value is -3.13. The van der Waals surface area contributed by atoms with Gasteiger partial charge in [-0.3, -0.25) is 9.36 Å². The molecule has 1 aromatic heterocycles. The van der Waals surface area contributed by atoms with Gasteiger partial charge < -0.3 is 0 Å². The van der Waals surface area contributed by atoms with Gasteiger partial charge in [0.05, 0.1) is 11.9 Å². The summed E-state index contributed by atoms with van der Waals surface area (Å²) in [6, 6.07) is 26.6. The van der Waals surface area contributed by atoms with E-state index in [2.05, 4.69) is 44.2 Å². The van der Waals surface area contributed by atoms with Crippen LogP contribution in [0.2, 0.25) is 0 Å². The molecule has 0 bridgehead atoms. The third-order valence-corrected chi connectivity index (χ3v) is 5.05. The Labute approximate surface area is 160 Å². The van der Waals surface area contributed by atoms with E-state index in [1.54, 1.807) is 0 Å². The second kappa shape index (κ2) is 7.24. The van der Waals surface area contributed by atoms with Crippen molar-refractivity contribution in [2.75, 3.05) is 0 Å². The van der Waals surface area contributed by atoms with Gasteiger partial charge in [-0.15, -0.1) is 0 Å². The van der Waals surface area contributed by atoms with Crippen molar-refractivity contribution < 1.29 is 4.79 Å². The first-order valence-electron chi connectivity index (χ1n) is 9.41. The van der Waals surface area contributed by atoms with E-state index in [0.29, 0.717) is 12.3 Å². The molecule has 0 saturated carbocycles. The van der Waals surface area contributed by atoms with Crippen molar-refractivity contribution in [1.82, 2.24) is 4.57 Å². The van der Waals surface area contributed by atoms with Crippen molar-refractivity contribution in [2.24, 2.45) is 0 Å². The van der Waals surface area contributed by atoms with Gasteiger partial charge in [0.15, 0.2) is 0 Å². The average Bonchev–Trinajstić information content (AvgIpc) is 3.08. The van der Waals surface area contributed by atoms with Crippen molar-refractivity contribution in [3.05, 3.63) is 96.2 Å². The van der Waals surface area contributed by atoms with Crippen LogP contribution < -0.4 is 0 Å². The van der Waals surface area contributed by atoms with E-state index in [1.807, 2.05) is 59.3 Å². The van der Waals surface area contributed by atoms with Gasteiger partial charge in [-0.1, -0.05) is 86.6 Å². The lowest BCUT2D eigenvalue weighted by molar-refractivity contribution is 0.0919. The molecular weight excluding hydrogens is 330 g/mol. The summed E-state index contributed by atoms with van der Waals surface area (Å²) in [5, 5.41) is 1.12. The summed E-state index contributed by atoms with van der Waals surface area (Å²) < 4.78 is 1.81. The van der Waals surface area contributed by atoms with Gasteiger partial charge >= 0.3 is 0 Å². The third kappa shape index (κ3) is 3.31. The lowest BCUT2D eigenvalue weighted by Crippen LogP contribution is -2.12. The van der Waals surface area contributed by atoms with Gasteiger partial charge in [-0.05, 0) is 28.7 Å². The van der Waals surface area contributed by atoms with Crippen molar-refractivity contribution in [3.63, 3.8) is 0 Å². The molecule has 0 amide bonds. The molecule has 0 aliphatic carbocycles. The smallest absolute Gasteiger partial charge is 0.235 e. The van der Waals surface area contributed by atoms with Crippen LogP contribution in [0.4, 0.5) is 0 Å². The summed E-state index contributed by atoms with van der Waals surface area (Å²) in [5.74, 6) is 0.508. The highest BCUT2D eigenvalue weighted by Crippen LogP contribution is 2.35. The molecule has 0 aliphatic rings. The van der Waals surface area contributed by atoms with Crippen LogP contribution in [-0.4, -0.2) is 10.5 Å². The zero-order valence-electron chi connectivity index (χ0n) is 15.7. The third-order valence-electron chi connectivity index (χ3n) is 5.05. The number of carbonyl (C=O) groups is 1. The van der Waals surface area contributed by atoms with Crippen LogP contribution in [0, 0.1) is 0 Å². The normalized spacial score (nSPS) is 11.2. The van der Waals surface area contributed by atoms with E-state index >= 15 is 0 Å². The Morgan fingerprint density at radius 1 is 0.815 bits per heavy atom. The molecule has 134 valence electrons. The fourth-order valence-corrected chi connectivity index (χ4v) is 3.70. The van der Waals surface area contributed by atoms with Gasteiger partial charge in [0.1, 0.15) is 0 Å². The van der Waals surface area contributed by atoms with Gasteiger partial charge in [0.25, 0.3) is 0 Å². The summed E-state index contributed by atoms with van der Waals surface area (Å²) in [6.45, 7) is 4.41. The summed E-state index contributed by atoms with van der Waals surface area (Å²) in [7, 11) is 0. The number of nitrogens with zero attached hydrogens (tertiary/aromatic N) is 1. The minimum atomic E-state index is 0.0886. The molecule has 4 rings (SSSR count). The second-order valence-electron chi connectivity index (χ2n) is 7.23. The highest BCUT2D eigenvalue weighted by atomic mass is 16.2. The van der Waals surface area contributed by atoms with Crippen molar-refractivity contribution in [1.29, 1.82) is 0 Å². The maximum Gasteiger partial charge on any atom is 0.235 e. The number of carbonyl (C=O) groups excluding carboxylic acids is 1. The summed E-state index contributed by atoms with van der Waals surface area (Å²) in [5.41, 5.74) is 5.62. The van der Waals surface area contributed by atoms with E-state index < -0.39 is 0 Å². The van der Waals surface area contributed by atoms with E-state index in [-0.39, 0.29) is 5.91 Å². The molecule has 0 unspecified atom stereocenters. The average molecular weight is 353 g/mol. The molecular formula is C25H23NO. The molecule has 1 heterocycles. The van der Waals surface area contributed by atoms with Crippen molar-refractivity contribution >= 4 is 16.8 Å². The van der Waals surface area contributed by atoms with Crippen molar-refractivity contribution in [3.8, 4) is 11.1 Å². The quantitative estimate of drug-likeness (QED) is 0.421. The fraction of sp³-hybridized carbons (Fsp3) is 0.160. The van der Waals surface area contributed by atoms with Gasteiger partial charge in [-0.25, -0.2) is 0 Å². The number of para-hydroxylation sites is 1. The lowest BCUT2D eigenvalue weighted by atomic mass is 9.92. The van der Waals surface area contributed by atoms with Gasteiger partial charge in [-0.2, -0.15) is 0 Å². The van der Waals surface area contributed by atoms with Crippen LogP contribution in [0.15, 0.2) is 85.1 Å². The summed E-state index contributed by atoms with van der Waals surface area (Å²) in [6.07, 6.45) is 2.40. The van der Waals surface area contributed by atoms with Gasteiger partial charge in [0.2, 0.25) is 5.91 Å². The van der Waals surface area contributed by atoms with E-state index in [4.69, 9.17) is 0 Å². The number of aromatic nitrogens is 1. The van der Waals surface area contributed by atoms with Crippen LogP contribution in [0.25, 0.3) is 22.0 Å². The number of benzene rings is 3. The predicted molar refractivity (Wildman–Crippen MR) is 112 cm³/mol. The minimum Gasteiger partial charge on any atom is -0.286 e. The van der Waals surface area contributed by atoms with Gasteiger partial charge in [0, 0.05) is 17.1 Å². The monoisotopic (exact) mass is 353 g/mol. The second-order valence-corrected chi connectivity index (χ2v) is 7.23. The maximum absolute atomic E-state index is 13.1. The minimum absolute atomic E-state index is 0.0886. The Morgan fingerprint density at radius 3 is 2.26 bits per heavy atom. The van der Waals surface area contributed by atoms with Crippen molar-refractivity contribution in [2.45, 2.75) is 26.2 Å². The van der Waals surface area contributed by atoms with E-state index in [9.17, 15) is 4.79 Å². The van der Waals surface area contributed by atoms with E-state index in [1.165, 1.54) is 11.1 Å². The van der Waals surface area contributed by atoms with Crippen LogP contribution >= 0.6 is 0 Å². The number of fused-ring (bicyclic) bond motifs is 1. The summed E-state index contributed by atoms with van der Waals surface area (Å²) in [4.78, 5) is 13.1. The zero-order chi connectivity index (χ0) is 18.8. The SMILES string of the molecule is CC(C)c1ccccc1-c1cn(C(=O)Cc2ccccc2)c2ccccc12. The highest BCUT2D eigenvalue weighted by molar-refractivity contribution is 6.02. The predicted octanol–water partition coefficient (Wildman–Crippen LogP) is 6.31. The first-order valence-corrected chi connectivity index (χ1v) is 9.41. The summed E-state index contributed by atoms with van der Waals surface area (Å²) >= 11 is 0. The largest absolute Gasteiger partial charge is 0.286 e. The number of hydrogen-bond acceptors (Lipinski definition) is 1. The van der Waals surface area contributed by atoms with Crippen LogP contribution in [0.3, 0.4) is 0 Å². The first-order chi connectivity index (χ1) is 13.1. The van der Waals surface area contributed by atoms with Crippen LogP contribution in [0.1, 0.15) is 35.7 Å². The Kier molecular flexibility index (Phi) is 4.64. The highest BCUT2D eigenvalue weighted by Gasteiger charge is 2.17. The molecule has 0 fully saturated rings. The Balaban J connectivity index is 1.84. The fourth-order valence-electron chi connectivity index (χ4n) is 3.70. The Bertz CT molecular complexity index is 1090. The molecule has 0 saturated heterocycles. The number of hydrogen-bond donors (Lipinski definition) is 0. The molecule has 27 heavy (non-hydrogen) atoms. The van der Waals surface area contributed by atoms with Crippen LogP contribution in [0.5, 0.6) is 0 Å². The molecule has 2 nitrogen and oxygen atoms in total. The number of rotatable bonds is 4. The molecule has 4 aromatic rings. The molecule has 0 atom stereocenters. The van der Waals surface area contributed by atoms with E-state index in [0.717, 1.165) is 22.0 Å². The standard InChI is InChI=1S/C25H23NO/c1-18(2)20-12-6-7-13-21(20)23-17-26(24-15-9-8-14-22(23)24)25(27)16-19-10-4-3-5-11-19/h3-15,17-18H,16H2,1-2H3. The maximum atomic E-state index is 13.1. The lowest BCUT2D eigenvalue weighted by Gasteiger charge is -2.11. The zero-order valence-corrected chi connectivity index (χ0v) is 15.7. The first kappa shape index (κ1) is 17.3. The Morgan fingerprint density at radius 2 is 1.48 bits per heavy atom. The molecule has 0 spiro atoms. The molecule has 0 aliphatic heterocycles. The molecule has 3 aromatic carbocycles. The topological polar surface area (TPSA) is 22.0 Å².